The molecule has 7 heteroatoms. The highest BCUT2D eigenvalue weighted by molar-refractivity contribution is 5.39. The lowest BCUT2D eigenvalue weighted by atomic mass is 10.3. The van der Waals surface area contributed by atoms with Gasteiger partial charge in [0.15, 0.2) is 0 Å². The van der Waals surface area contributed by atoms with Gasteiger partial charge in [0.2, 0.25) is 0 Å². The van der Waals surface area contributed by atoms with Crippen molar-refractivity contribution in [3.8, 4) is 11.4 Å². The number of aromatic nitrogens is 2. The fourth-order valence-corrected chi connectivity index (χ4v) is 1.43. The highest BCUT2D eigenvalue weighted by Gasteiger charge is 2.31. The molecule has 4 nitrogen and oxygen atoms in total. The zero-order valence-electron chi connectivity index (χ0n) is 9.05. The van der Waals surface area contributed by atoms with E-state index in [1.54, 1.807) is 6.07 Å². The largest absolute Gasteiger partial charge is 0.573 e. The van der Waals surface area contributed by atoms with Crippen molar-refractivity contribution < 1.29 is 23.0 Å². The van der Waals surface area contributed by atoms with Crippen molar-refractivity contribution in [3.05, 3.63) is 42.5 Å². The minimum absolute atomic E-state index is 0.230. The Morgan fingerprint density at radius 1 is 1.33 bits per heavy atom. The third-order valence-electron chi connectivity index (χ3n) is 2.15. The summed E-state index contributed by atoms with van der Waals surface area (Å²) in [6.07, 6.45) is -1.80. The molecule has 1 N–H and O–H groups in total. The van der Waals surface area contributed by atoms with Crippen LogP contribution in [0.5, 0.6) is 5.75 Å². The first-order chi connectivity index (χ1) is 8.48. The molecule has 2 rings (SSSR count). The summed E-state index contributed by atoms with van der Waals surface area (Å²) in [7, 11) is 0. The molecule has 0 unspecified atom stereocenters. The van der Waals surface area contributed by atoms with Gasteiger partial charge in [-0.15, -0.1) is 13.2 Å². The SMILES string of the molecule is OCc1cn(-c2cccc(OC(F)(F)F)c2)cn1. The summed E-state index contributed by atoms with van der Waals surface area (Å²) in [6, 6.07) is 5.48. The van der Waals surface area contributed by atoms with Crippen LogP contribution in [0.3, 0.4) is 0 Å². The molecule has 18 heavy (non-hydrogen) atoms. The van der Waals surface area contributed by atoms with E-state index >= 15 is 0 Å². The Kier molecular flexibility index (Phi) is 3.24. The van der Waals surface area contributed by atoms with Crippen LogP contribution in [0.1, 0.15) is 5.69 Å². The second-order valence-electron chi connectivity index (χ2n) is 3.48. The van der Waals surface area contributed by atoms with Crippen LogP contribution in [0.2, 0.25) is 0 Å². The Morgan fingerprint density at radius 2 is 2.11 bits per heavy atom. The van der Waals surface area contributed by atoms with Crippen LogP contribution in [0.4, 0.5) is 13.2 Å². The lowest BCUT2D eigenvalue weighted by Gasteiger charge is -2.10. The maximum absolute atomic E-state index is 12.1. The van der Waals surface area contributed by atoms with Crippen LogP contribution in [-0.4, -0.2) is 21.0 Å². The molecular weight excluding hydrogens is 249 g/mol. The molecule has 96 valence electrons. The zero-order chi connectivity index (χ0) is 13.2. The predicted octanol–water partition coefficient (Wildman–Crippen LogP) is 2.26. The number of hydrogen-bond donors (Lipinski definition) is 1. The first-order valence-corrected chi connectivity index (χ1v) is 4.98. The van der Waals surface area contributed by atoms with Gasteiger partial charge in [0.05, 0.1) is 24.3 Å². The first-order valence-electron chi connectivity index (χ1n) is 4.98. The lowest BCUT2D eigenvalue weighted by Crippen LogP contribution is -2.17. The van der Waals surface area contributed by atoms with E-state index in [-0.39, 0.29) is 12.4 Å². The van der Waals surface area contributed by atoms with Gasteiger partial charge in [-0.25, -0.2) is 4.98 Å². The average Bonchev–Trinajstić information content (AvgIpc) is 2.75. The second-order valence-corrected chi connectivity index (χ2v) is 3.48. The molecule has 1 aromatic carbocycles. The van der Waals surface area contributed by atoms with Gasteiger partial charge in [-0.3, -0.25) is 0 Å². The van der Waals surface area contributed by atoms with E-state index in [2.05, 4.69) is 9.72 Å². The molecule has 0 aliphatic rings. The van der Waals surface area contributed by atoms with E-state index in [0.717, 1.165) is 0 Å². The topological polar surface area (TPSA) is 47.3 Å². The molecule has 0 atom stereocenters. The van der Waals surface area contributed by atoms with Gasteiger partial charge in [0, 0.05) is 12.3 Å². The zero-order valence-corrected chi connectivity index (χ0v) is 9.05. The van der Waals surface area contributed by atoms with Crippen LogP contribution in [0.15, 0.2) is 36.8 Å². The Bertz CT molecular complexity index is 537. The Labute approximate surface area is 100 Å². The molecule has 0 bridgehead atoms. The van der Waals surface area contributed by atoms with Crippen LogP contribution in [-0.2, 0) is 6.61 Å². The molecule has 0 radical (unpaired) electrons. The second kappa shape index (κ2) is 4.69. The fraction of sp³-hybridized carbons (Fsp3) is 0.182. The molecule has 0 aliphatic carbocycles. The fourth-order valence-electron chi connectivity index (χ4n) is 1.43. The van der Waals surface area contributed by atoms with Gasteiger partial charge in [-0.05, 0) is 12.1 Å². The van der Waals surface area contributed by atoms with Gasteiger partial charge in [-0.2, -0.15) is 0 Å². The van der Waals surface area contributed by atoms with Crippen molar-refractivity contribution in [1.29, 1.82) is 0 Å². The van der Waals surface area contributed by atoms with Gasteiger partial charge in [0.25, 0.3) is 0 Å². The minimum Gasteiger partial charge on any atom is -0.406 e. The van der Waals surface area contributed by atoms with Gasteiger partial charge < -0.3 is 14.4 Å². The predicted molar refractivity (Wildman–Crippen MR) is 56.2 cm³/mol. The maximum Gasteiger partial charge on any atom is 0.573 e. The summed E-state index contributed by atoms with van der Waals surface area (Å²) in [5.74, 6) is -0.306. The van der Waals surface area contributed by atoms with Crippen molar-refractivity contribution in [1.82, 2.24) is 9.55 Å². The number of aliphatic hydroxyl groups excluding tert-OH is 1. The summed E-state index contributed by atoms with van der Waals surface area (Å²) in [5.41, 5.74) is 0.890. The van der Waals surface area contributed by atoms with Gasteiger partial charge >= 0.3 is 6.36 Å². The van der Waals surface area contributed by atoms with E-state index in [9.17, 15) is 13.2 Å². The van der Waals surface area contributed by atoms with Crippen LogP contribution in [0.25, 0.3) is 5.69 Å². The third-order valence-corrected chi connectivity index (χ3v) is 2.15. The van der Waals surface area contributed by atoms with Crippen molar-refractivity contribution in [2.45, 2.75) is 13.0 Å². The summed E-state index contributed by atoms with van der Waals surface area (Å²) < 4.78 is 41.5. The van der Waals surface area contributed by atoms with Crippen LogP contribution in [0, 0.1) is 0 Å². The number of alkyl halides is 3. The smallest absolute Gasteiger partial charge is 0.406 e. The number of rotatable bonds is 3. The number of nitrogens with zero attached hydrogens (tertiary/aromatic N) is 2. The monoisotopic (exact) mass is 258 g/mol. The summed E-state index contributed by atoms with van der Waals surface area (Å²) in [5, 5.41) is 8.86. The number of ether oxygens (including phenoxy) is 1. The maximum atomic E-state index is 12.1. The molecule has 0 saturated heterocycles. The minimum atomic E-state index is -4.72. The number of halogens is 3. The normalized spacial score (nSPS) is 11.6. The van der Waals surface area contributed by atoms with Crippen LogP contribution < -0.4 is 4.74 Å². The van der Waals surface area contributed by atoms with E-state index in [4.69, 9.17) is 5.11 Å². The summed E-state index contributed by atoms with van der Waals surface area (Å²) >= 11 is 0. The molecule has 0 fully saturated rings. The highest BCUT2D eigenvalue weighted by Crippen LogP contribution is 2.24. The lowest BCUT2D eigenvalue weighted by molar-refractivity contribution is -0.274. The Morgan fingerprint density at radius 3 is 2.72 bits per heavy atom. The molecule has 0 spiro atoms. The molecule has 2 aromatic rings. The third kappa shape index (κ3) is 3.01. The molecular formula is C11H9F3N2O2. The Balaban J connectivity index is 2.26. The Hall–Kier alpha value is -2.02. The number of aliphatic hydroxyl groups is 1. The van der Waals surface area contributed by atoms with Gasteiger partial charge in [-0.1, -0.05) is 6.07 Å². The van der Waals surface area contributed by atoms with Crippen molar-refractivity contribution >= 4 is 0 Å². The molecule has 0 amide bonds. The molecule has 1 aromatic heterocycles. The molecule has 0 aliphatic heterocycles. The van der Waals surface area contributed by atoms with E-state index in [1.165, 1.54) is 35.3 Å². The molecule has 0 saturated carbocycles. The van der Waals surface area contributed by atoms with Crippen molar-refractivity contribution in [2.75, 3.05) is 0 Å². The standard InChI is InChI=1S/C11H9F3N2O2/c12-11(13,14)18-10-3-1-2-9(4-10)16-5-8(6-17)15-7-16/h1-5,7,17H,6H2. The number of hydrogen-bond acceptors (Lipinski definition) is 3. The number of imidazole rings is 1. The first kappa shape index (κ1) is 12.4. The molecule has 1 heterocycles. The van der Waals surface area contributed by atoms with Gasteiger partial charge in [0.1, 0.15) is 5.75 Å². The number of benzene rings is 1. The summed E-state index contributed by atoms with van der Waals surface area (Å²) in [6.45, 7) is -0.230. The summed E-state index contributed by atoms with van der Waals surface area (Å²) in [4.78, 5) is 3.87. The average molecular weight is 258 g/mol. The van der Waals surface area contributed by atoms with E-state index < -0.39 is 6.36 Å². The van der Waals surface area contributed by atoms with E-state index in [1.807, 2.05) is 0 Å². The van der Waals surface area contributed by atoms with Crippen molar-refractivity contribution in [2.24, 2.45) is 0 Å². The van der Waals surface area contributed by atoms with Crippen molar-refractivity contribution in [3.63, 3.8) is 0 Å². The quantitative estimate of drug-likeness (QED) is 0.918. The highest BCUT2D eigenvalue weighted by atomic mass is 19.4. The van der Waals surface area contributed by atoms with E-state index in [0.29, 0.717) is 11.4 Å². The van der Waals surface area contributed by atoms with Crippen LogP contribution >= 0.6 is 0 Å².